The van der Waals surface area contributed by atoms with Gasteiger partial charge >= 0.3 is 0 Å². The van der Waals surface area contributed by atoms with E-state index in [1.165, 1.54) is 25.1 Å². The fourth-order valence-electron chi connectivity index (χ4n) is 1.45. The van der Waals surface area contributed by atoms with Crippen LogP contribution in [0.4, 0.5) is 0 Å². The van der Waals surface area contributed by atoms with Crippen LogP contribution in [0.15, 0.2) is 35.5 Å². The first-order chi connectivity index (χ1) is 8.86. The number of likely N-dealkylation sites (N-methyl/N-ethyl adjacent to an activating group) is 1. The molecule has 0 aromatic carbocycles. The van der Waals surface area contributed by atoms with Crippen molar-refractivity contribution >= 4 is 11.8 Å². The lowest BCUT2D eigenvalue weighted by molar-refractivity contribution is -0.131. The topological polar surface area (TPSA) is 82.8 Å². The number of aliphatic hydroxyl groups is 1. The number of furan rings is 1. The van der Waals surface area contributed by atoms with Crippen molar-refractivity contribution in [3.63, 3.8) is 0 Å². The van der Waals surface area contributed by atoms with Crippen LogP contribution < -0.4 is 5.32 Å². The molecule has 0 bridgehead atoms. The first kappa shape index (κ1) is 15.0. The van der Waals surface area contributed by atoms with Crippen LogP contribution in [0.1, 0.15) is 12.7 Å². The summed E-state index contributed by atoms with van der Waals surface area (Å²) in [5, 5.41) is 12.7. The monoisotopic (exact) mass is 266 g/mol. The largest absolute Gasteiger partial charge is 0.466 e. The molecule has 6 nitrogen and oxygen atoms in total. The highest BCUT2D eigenvalue weighted by molar-refractivity contribution is 5.90. The number of rotatable bonds is 6. The van der Waals surface area contributed by atoms with Crippen molar-refractivity contribution in [1.29, 1.82) is 0 Å². The summed E-state index contributed by atoms with van der Waals surface area (Å²) in [7, 11) is 1.49. The van der Waals surface area contributed by atoms with E-state index in [0.29, 0.717) is 5.76 Å². The molecule has 2 amide bonds. The average Bonchev–Trinajstić information content (AvgIpc) is 2.90. The van der Waals surface area contributed by atoms with Gasteiger partial charge in [-0.15, -0.1) is 0 Å². The second-order valence-corrected chi connectivity index (χ2v) is 4.43. The second-order valence-electron chi connectivity index (χ2n) is 4.43. The van der Waals surface area contributed by atoms with Crippen LogP contribution in [0, 0.1) is 0 Å². The van der Waals surface area contributed by atoms with E-state index in [-0.39, 0.29) is 24.9 Å². The normalized spacial score (nSPS) is 13.4. The molecule has 1 heterocycles. The molecule has 1 unspecified atom stereocenters. The van der Waals surface area contributed by atoms with Crippen molar-refractivity contribution in [2.75, 3.05) is 20.1 Å². The van der Waals surface area contributed by atoms with Gasteiger partial charge < -0.3 is 19.7 Å². The molecule has 104 valence electrons. The lowest BCUT2D eigenvalue weighted by atomic mass is 10.0. The van der Waals surface area contributed by atoms with E-state index in [1.54, 1.807) is 12.1 Å². The van der Waals surface area contributed by atoms with Gasteiger partial charge in [0.05, 0.1) is 19.4 Å². The number of nitrogens with zero attached hydrogens (tertiary/aromatic N) is 1. The molecule has 1 rings (SSSR count). The van der Waals surface area contributed by atoms with Gasteiger partial charge in [-0.2, -0.15) is 0 Å². The molecule has 1 aromatic heterocycles. The van der Waals surface area contributed by atoms with E-state index in [4.69, 9.17) is 4.42 Å². The molecule has 1 atom stereocenters. The zero-order valence-electron chi connectivity index (χ0n) is 11.0. The minimum atomic E-state index is -1.29. The van der Waals surface area contributed by atoms with Crippen LogP contribution in [0.2, 0.25) is 0 Å². The number of hydrogen-bond acceptors (Lipinski definition) is 4. The van der Waals surface area contributed by atoms with E-state index in [2.05, 4.69) is 11.9 Å². The Bertz CT molecular complexity index is 451. The van der Waals surface area contributed by atoms with Crippen LogP contribution in [0.3, 0.4) is 0 Å². The van der Waals surface area contributed by atoms with E-state index in [9.17, 15) is 14.7 Å². The third-order valence-corrected chi connectivity index (χ3v) is 2.61. The molecule has 2 N–H and O–H groups in total. The number of carbonyl (C=O) groups excluding carboxylic acids is 2. The zero-order chi connectivity index (χ0) is 14.5. The Morgan fingerprint density at radius 2 is 2.32 bits per heavy atom. The maximum Gasteiger partial charge on any atom is 0.246 e. The summed E-state index contributed by atoms with van der Waals surface area (Å²) in [6.07, 6.45) is 2.58. The van der Waals surface area contributed by atoms with Crippen molar-refractivity contribution in [3.05, 3.63) is 36.8 Å². The van der Waals surface area contributed by atoms with Crippen LogP contribution in [-0.2, 0) is 15.2 Å². The molecular formula is C13H18N2O4. The minimum Gasteiger partial charge on any atom is -0.466 e. The Balaban J connectivity index is 2.46. The molecule has 19 heavy (non-hydrogen) atoms. The van der Waals surface area contributed by atoms with Crippen LogP contribution in [-0.4, -0.2) is 42.0 Å². The maximum absolute atomic E-state index is 11.6. The van der Waals surface area contributed by atoms with E-state index < -0.39 is 5.60 Å². The molecule has 0 fully saturated rings. The lowest BCUT2D eigenvalue weighted by Gasteiger charge is -2.22. The number of carbonyl (C=O) groups is 2. The number of amides is 2. The Labute approximate surface area is 111 Å². The third kappa shape index (κ3) is 4.26. The van der Waals surface area contributed by atoms with Gasteiger partial charge in [0.25, 0.3) is 0 Å². The molecule has 0 radical (unpaired) electrons. The molecule has 0 saturated carbocycles. The quantitative estimate of drug-likeness (QED) is 0.723. The fourth-order valence-corrected chi connectivity index (χ4v) is 1.45. The van der Waals surface area contributed by atoms with Crippen molar-refractivity contribution in [1.82, 2.24) is 10.2 Å². The van der Waals surface area contributed by atoms with E-state index >= 15 is 0 Å². The summed E-state index contributed by atoms with van der Waals surface area (Å²) in [4.78, 5) is 24.0. The molecule has 0 aliphatic heterocycles. The molecule has 1 aromatic rings. The Morgan fingerprint density at radius 3 is 2.84 bits per heavy atom. The van der Waals surface area contributed by atoms with E-state index in [0.717, 1.165) is 6.08 Å². The predicted octanol–water partition coefficient (Wildman–Crippen LogP) is 0.248. The van der Waals surface area contributed by atoms with Crippen LogP contribution >= 0.6 is 0 Å². The summed E-state index contributed by atoms with van der Waals surface area (Å²) >= 11 is 0. The Kier molecular flexibility index (Phi) is 4.88. The van der Waals surface area contributed by atoms with E-state index in [1.807, 2.05) is 0 Å². The average molecular weight is 266 g/mol. The summed E-state index contributed by atoms with van der Waals surface area (Å²) in [5.41, 5.74) is -1.29. The van der Waals surface area contributed by atoms with Gasteiger partial charge in [0.1, 0.15) is 11.4 Å². The van der Waals surface area contributed by atoms with Gasteiger partial charge in [0.2, 0.25) is 11.8 Å². The molecule has 0 aliphatic rings. The summed E-state index contributed by atoms with van der Waals surface area (Å²) in [5.74, 6) is -0.346. The second kappa shape index (κ2) is 6.19. The minimum absolute atomic E-state index is 0.00450. The summed E-state index contributed by atoms with van der Waals surface area (Å²) in [6.45, 7) is 4.76. The van der Waals surface area contributed by atoms with Gasteiger partial charge in [0, 0.05) is 7.05 Å². The Morgan fingerprint density at radius 1 is 1.63 bits per heavy atom. The fraction of sp³-hybridized carbons (Fsp3) is 0.385. The predicted molar refractivity (Wildman–Crippen MR) is 69.1 cm³/mol. The highest BCUT2D eigenvalue weighted by Crippen LogP contribution is 2.19. The summed E-state index contributed by atoms with van der Waals surface area (Å²) in [6, 6.07) is 3.28. The van der Waals surface area contributed by atoms with Crippen molar-refractivity contribution in [3.8, 4) is 0 Å². The smallest absolute Gasteiger partial charge is 0.246 e. The first-order valence-electron chi connectivity index (χ1n) is 5.77. The maximum atomic E-state index is 11.6. The summed E-state index contributed by atoms with van der Waals surface area (Å²) < 4.78 is 5.09. The highest BCUT2D eigenvalue weighted by Gasteiger charge is 2.26. The standard InChI is InChI=1S/C13H18N2O4/c1-4-12(17)15(3)8-11(16)14-9-13(2,18)10-6-5-7-19-10/h4-7,18H,1,8-9H2,2-3H3,(H,14,16). The van der Waals surface area contributed by atoms with Gasteiger partial charge in [0.15, 0.2) is 0 Å². The van der Waals surface area contributed by atoms with Crippen LogP contribution in [0.5, 0.6) is 0 Å². The van der Waals surface area contributed by atoms with Crippen molar-refractivity contribution in [2.45, 2.75) is 12.5 Å². The van der Waals surface area contributed by atoms with Gasteiger partial charge in [-0.25, -0.2) is 0 Å². The number of nitrogens with one attached hydrogen (secondary N) is 1. The zero-order valence-corrected chi connectivity index (χ0v) is 11.0. The molecule has 6 heteroatoms. The highest BCUT2D eigenvalue weighted by atomic mass is 16.4. The molecule has 0 saturated heterocycles. The third-order valence-electron chi connectivity index (χ3n) is 2.61. The van der Waals surface area contributed by atoms with Crippen molar-refractivity contribution in [2.24, 2.45) is 0 Å². The number of hydrogen-bond donors (Lipinski definition) is 2. The molecular weight excluding hydrogens is 248 g/mol. The molecule has 0 spiro atoms. The van der Waals surface area contributed by atoms with Crippen LogP contribution in [0.25, 0.3) is 0 Å². The first-order valence-corrected chi connectivity index (χ1v) is 5.77. The lowest BCUT2D eigenvalue weighted by Crippen LogP contribution is -2.43. The van der Waals surface area contributed by atoms with Crippen molar-refractivity contribution < 1.29 is 19.1 Å². The van der Waals surface area contributed by atoms with Gasteiger partial charge in [-0.05, 0) is 25.1 Å². The SMILES string of the molecule is C=CC(=O)N(C)CC(=O)NCC(C)(O)c1ccco1. The van der Waals surface area contributed by atoms with Gasteiger partial charge in [-0.3, -0.25) is 9.59 Å². The Hall–Kier alpha value is -2.08. The van der Waals surface area contributed by atoms with Gasteiger partial charge in [-0.1, -0.05) is 6.58 Å². The molecule has 0 aliphatic carbocycles.